The van der Waals surface area contributed by atoms with Crippen LogP contribution in [0.4, 0.5) is 4.39 Å². The first-order chi connectivity index (χ1) is 9.22. The van der Waals surface area contributed by atoms with E-state index >= 15 is 0 Å². The van der Waals surface area contributed by atoms with E-state index in [1.807, 2.05) is 0 Å². The van der Waals surface area contributed by atoms with Gasteiger partial charge in [-0.3, -0.25) is 0 Å². The van der Waals surface area contributed by atoms with Crippen LogP contribution >= 0.6 is 11.6 Å². The summed E-state index contributed by atoms with van der Waals surface area (Å²) >= 11 is 5.77. The Bertz CT molecular complexity index is 413. The number of fused-ring (bicyclic) bond motifs is 1. The first kappa shape index (κ1) is 14.6. The number of hydrogen-bond acceptors (Lipinski definition) is 2. The first-order valence-corrected chi connectivity index (χ1v) is 7.48. The number of ether oxygens (including phenoxy) is 1. The van der Waals surface area contributed by atoms with Crippen molar-refractivity contribution >= 4 is 11.6 Å². The highest BCUT2D eigenvalue weighted by molar-refractivity contribution is 6.17. The molecule has 19 heavy (non-hydrogen) atoms. The molecule has 0 saturated carbocycles. The average molecular weight is 286 g/mol. The lowest BCUT2D eigenvalue weighted by molar-refractivity contribution is 0.224. The predicted molar refractivity (Wildman–Crippen MR) is 76.5 cm³/mol. The topological polar surface area (TPSA) is 21.3 Å². The number of alkyl halides is 1. The van der Waals surface area contributed by atoms with Crippen LogP contribution in [0.15, 0.2) is 18.2 Å². The summed E-state index contributed by atoms with van der Waals surface area (Å²) < 4.78 is 18.9. The molecule has 1 aliphatic heterocycles. The summed E-state index contributed by atoms with van der Waals surface area (Å²) in [5.41, 5.74) is 0.972. The van der Waals surface area contributed by atoms with Gasteiger partial charge in [-0.2, -0.15) is 0 Å². The van der Waals surface area contributed by atoms with E-state index in [1.54, 1.807) is 12.1 Å². The van der Waals surface area contributed by atoms with Gasteiger partial charge in [0.25, 0.3) is 0 Å². The molecular formula is C15H21ClFNO. The van der Waals surface area contributed by atoms with Crippen LogP contribution in [-0.4, -0.2) is 25.1 Å². The van der Waals surface area contributed by atoms with Gasteiger partial charge in [0, 0.05) is 24.4 Å². The van der Waals surface area contributed by atoms with Crippen molar-refractivity contribution in [3.05, 3.63) is 29.6 Å². The summed E-state index contributed by atoms with van der Waals surface area (Å²) in [4.78, 5) is 0. The van der Waals surface area contributed by atoms with E-state index in [0.29, 0.717) is 11.8 Å². The average Bonchev–Trinajstić information content (AvgIpc) is 2.79. The second kappa shape index (κ2) is 7.11. The molecule has 1 aromatic rings. The summed E-state index contributed by atoms with van der Waals surface area (Å²) in [6, 6.07) is 4.73. The second-order valence-electron chi connectivity index (χ2n) is 5.11. The van der Waals surface area contributed by atoms with E-state index in [2.05, 4.69) is 12.2 Å². The van der Waals surface area contributed by atoms with E-state index in [0.717, 1.165) is 43.7 Å². The van der Waals surface area contributed by atoms with E-state index in [1.165, 1.54) is 6.07 Å². The number of hydrogen-bond donors (Lipinski definition) is 1. The maximum absolute atomic E-state index is 13.1. The Morgan fingerprint density at radius 3 is 3.11 bits per heavy atom. The fraction of sp³-hybridized carbons (Fsp3) is 0.600. The molecule has 2 nitrogen and oxygen atoms in total. The maximum Gasteiger partial charge on any atom is 0.123 e. The van der Waals surface area contributed by atoms with Gasteiger partial charge < -0.3 is 10.1 Å². The van der Waals surface area contributed by atoms with Crippen LogP contribution in [0.25, 0.3) is 0 Å². The van der Waals surface area contributed by atoms with Gasteiger partial charge in [-0.25, -0.2) is 4.39 Å². The zero-order chi connectivity index (χ0) is 13.7. The monoisotopic (exact) mass is 285 g/mol. The van der Waals surface area contributed by atoms with Crippen LogP contribution in [0.3, 0.4) is 0 Å². The Morgan fingerprint density at radius 2 is 2.37 bits per heavy atom. The van der Waals surface area contributed by atoms with E-state index in [-0.39, 0.29) is 11.9 Å². The quantitative estimate of drug-likeness (QED) is 0.776. The molecular weight excluding hydrogens is 265 g/mol. The molecule has 0 aliphatic carbocycles. The van der Waals surface area contributed by atoms with Crippen molar-refractivity contribution in [2.24, 2.45) is 5.92 Å². The molecule has 2 unspecified atom stereocenters. The Hall–Kier alpha value is -0.800. The zero-order valence-corrected chi connectivity index (χ0v) is 12.0. The lowest BCUT2D eigenvalue weighted by Gasteiger charge is -2.16. The zero-order valence-electron chi connectivity index (χ0n) is 11.3. The van der Waals surface area contributed by atoms with Crippen molar-refractivity contribution in [2.45, 2.75) is 32.3 Å². The second-order valence-corrected chi connectivity index (χ2v) is 5.48. The third kappa shape index (κ3) is 4.08. The lowest BCUT2D eigenvalue weighted by atomic mass is 10.0. The molecule has 1 aliphatic rings. The molecule has 0 aromatic heterocycles. The van der Waals surface area contributed by atoms with E-state index in [9.17, 15) is 4.39 Å². The van der Waals surface area contributed by atoms with Crippen molar-refractivity contribution in [1.29, 1.82) is 0 Å². The summed E-state index contributed by atoms with van der Waals surface area (Å²) in [7, 11) is 0. The minimum absolute atomic E-state index is 0.116. The molecule has 0 amide bonds. The summed E-state index contributed by atoms with van der Waals surface area (Å²) in [6.45, 7) is 3.95. The number of nitrogens with one attached hydrogen (secondary N) is 1. The SMILES string of the molecule is CCC(CCCl)CNCC1Cc2cc(F)ccc2O1. The summed E-state index contributed by atoms with van der Waals surface area (Å²) in [6.07, 6.45) is 3.08. The molecule has 0 spiro atoms. The summed E-state index contributed by atoms with van der Waals surface area (Å²) in [5.74, 6) is 1.97. The van der Waals surface area contributed by atoms with Crippen molar-refractivity contribution in [3.8, 4) is 5.75 Å². The van der Waals surface area contributed by atoms with Gasteiger partial charge >= 0.3 is 0 Å². The minimum atomic E-state index is -0.191. The largest absolute Gasteiger partial charge is 0.488 e. The van der Waals surface area contributed by atoms with Crippen molar-refractivity contribution < 1.29 is 9.13 Å². The third-order valence-corrected chi connectivity index (χ3v) is 3.88. The molecule has 1 N–H and O–H groups in total. The van der Waals surface area contributed by atoms with Crippen molar-refractivity contribution in [1.82, 2.24) is 5.32 Å². The predicted octanol–water partition coefficient (Wildman–Crippen LogP) is 3.37. The van der Waals surface area contributed by atoms with Crippen molar-refractivity contribution in [3.63, 3.8) is 0 Å². The van der Waals surface area contributed by atoms with Crippen LogP contribution in [0.2, 0.25) is 0 Å². The number of rotatable bonds is 7. The van der Waals surface area contributed by atoms with Gasteiger partial charge in [-0.05, 0) is 37.1 Å². The van der Waals surface area contributed by atoms with Crippen LogP contribution in [0.1, 0.15) is 25.3 Å². The smallest absolute Gasteiger partial charge is 0.123 e. The highest BCUT2D eigenvalue weighted by Crippen LogP contribution is 2.28. The van der Waals surface area contributed by atoms with Gasteiger partial charge in [-0.1, -0.05) is 13.3 Å². The molecule has 0 bridgehead atoms. The van der Waals surface area contributed by atoms with Crippen LogP contribution < -0.4 is 10.1 Å². The molecule has 106 valence electrons. The van der Waals surface area contributed by atoms with E-state index < -0.39 is 0 Å². The van der Waals surface area contributed by atoms with Crippen LogP contribution in [0, 0.1) is 11.7 Å². The van der Waals surface area contributed by atoms with Crippen molar-refractivity contribution in [2.75, 3.05) is 19.0 Å². The van der Waals surface area contributed by atoms with Crippen LogP contribution in [0.5, 0.6) is 5.75 Å². The van der Waals surface area contributed by atoms with Gasteiger partial charge in [0.15, 0.2) is 0 Å². The van der Waals surface area contributed by atoms with Gasteiger partial charge in [0.2, 0.25) is 0 Å². The first-order valence-electron chi connectivity index (χ1n) is 6.94. The maximum atomic E-state index is 13.1. The minimum Gasteiger partial charge on any atom is -0.488 e. The molecule has 2 atom stereocenters. The third-order valence-electron chi connectivity index (χ3n) is 3.66. The molecule has 4 heteroatoms. The molecule has 1 heterocycles. The molecule has 0 saturated heterocycles. The normalized spacial score (nSPS) is 19.0. The van der Waals surface area contributed by atoms with E-state index in [4.69, 9.17) is 16.3 Å². The summed E-state index contributed by atoms with van der Waals surface area (Å²) in [5, 5.41) is 3.44. The Labute approximate surface area is 119 Å². The molecule has 0 fully saturated rings. The van der Waals surface area contributed by atoms with Gasteiger partial charge in [0.05, 0.1) is 0 Å². The van der Waals surface area contributed by atoms with Gasteiger partial charge in [-0.15, -0.1) is 11.6 Å². The lowest BCUT2D eigenvalue weighted by Crippen LogP contribution is -2.33. The highest BCUT2D eigenvalue weighted by atomic mass is 35.5. The fourth-order valence-electron chi connectivity index (χ4n) is 2.46. The Morgan fingerprint density at radius 1 is 1.53 bits per heavy atom. The van der Waals surface area contributed by atoms with Gasteiger partial charge in [0.1, 0.15) is 17.7 Å². The molecule has 0 radical (unpaired) electrons. The Balaban J connectivity index is 1.75. The van der Waals surface area contributed by atoms with Crippen LogP contribution in [-0.2, 0) is 6.42 Å². The highest BCUT2D eigenvalue weighted by Gasteiger charge is 2.22. The molecule has 2 rings (SSSR count). The standard InChI is InChI=1S/C15H21ClFNO/c1-2-11(5-6-16)9-18-10-14-8-12-7-13(17)3-4-15(12)19-14/h3-4,7,11,14,18H,2,5-6,8-10H2,1H3. The fourth-order valence-corrected chi connectivity index (χ4v) is 2.76. The Kier molecular flexibility index (Phi) is 5.46. The number of halogens is 2. The number of benzene rings is 1. The molecule has 1 aromatic carbocycles.